The van der Waals surface area contributed by atoms with Crippen molar-refractivity contribution in [1.29, 1.82) is 0 Å². The van der Waals surface area contributed by atoms with E-state index in [0.29, 0.717) is 24.7 Å². The van der Waals surface area contributed by atoms with Gasteiger partial charge in [0.1, 0.15) is 11.6 Å². The molecule has 1 fully saturated rings. The number of nitrogens with one attached hydrogen (secondary N) is 2. The molecule has 1 saturated heterocycles. The summed E-state index contributed by atoms with van der Waals surface area (Å²) >= 11 is 0. The molecule has 0 saturated carbocycles. The average Bonchev–Trinajstić information content (AvgIpc) is 3.23. The summed E-state index contributed by atoms with van der Waals surface area (Å²) in [6.07, 6.45) is 1.93. The Morgan fingerprint density at radius 1 is 0.917 bits per heavy atom. The molecule has 2 N–H and O–H groups in total. The first-order valence-electron chi connectivity index (χ1n) is 12.3. The Bertz CT molecular complexity index is 1310. The number of halogens is 2. The van der Waals surface area contributed by atoms with Crippen molar-refractivity contribution < 1.29 is 13.6 Å². The number of hydrogen-bond donors (Lipinski definition) is 2. The van der Waals surface area contributed by atoms with E-state index in [1.807, 2.05) is 18.2 Å². The van der Waals surface area contributed by atoms with Crippen LogP contribution in [0.2, 0.25) is 0 Å². The molecule has 3 aromatic carbocycles. The first kappa shape index (κ1) is 23.9. The number of carbonyl (C=O) groups is 1. The van der Waals surface area contributed by atoms with E-state index in [-0.39, 0.29) is 17.5 Å². The molecule has 8 heteroatoms. The van der Waals surface area contributed by atoms with Gasteiger partial charge in [-0.25, -0.2) is 13.8 Å². The third-order valence-corrected chi connectivity index (χ3v) is 6.65. The van der Waals surface area contributed by atoms with Crippen LogP contribution in [0.15, 0.2) is 72.8 Å². The molecule has 0 unspecified atom stereocenters. The van der Waals surface area contributed by atoms with E-state index >= 15 is 0 Å². The number of fused-ring (bicyclic) bond motifs is 1. The second-order valence-electron chi connectivity index (χ2n) is 9.16. The molecule has 6 nitrogen and oxygen atoms in total. The normalized spacial score (nSPS) is 14.7. The summed E-state index contributed by atoms with van der Waals surface area (Å²) in [6, 6.07) is 20.5. The minimum atomic E-state index is -0.353. The molecular weight excluding hydrogens is 460 g/mol. The molecule has 1 amide bonds. The van der Waals surface area contributed by atoms with Crippen molar-refractivity contribution in [2.75, 3.05) is 31.5 Å². The average molecular weight is 490 g/mol. The minimum absolute atomic E-state index is 0.188. The summed E-state index contributed by atoms with van der Waals surface area (Å²) in [7, 11) is 0. The van der Waals surface area contributed by atoms with Gasteiger partial charge in [0.25, 0.3) is 5.91 Å². The Labute approximate surface area is 208 Å². The molecule has 0 radical (unpaired) electrons. The maximum atomic E-state index is 13.4. The predicted octanol–water partition coefficient (Wildman–Crippen LogP) is 4.67. The van der Waals surface area contributed by atoms with Gasteiger partial charge in [-0.3, -0.25) is 4.79 Å². The van der Waals surface area contributed by atoms with Crippen molar-refractivity contribution in [3.63, 3.8) is 0 Å². The summed E-state index contributed by atoms with van der Waals surface area (Å²) in [5, 5.41) is 6.55. The zero-order valence-corrected chi connectivity index (χ0v) is 20.0. The number of hydrogen-bond acceptors (Lipinski definition) is 4. The van der Waals surface area contributed by atoms with Gasteiger partial charge in [-0.05, 0) is 66.9 Å². The zero-order valence-electron chi connectivity index (χ0n) is 20.0. The van der Waals surface area contributed by atoms with Crippen LogP contribution in [-0.4, -0.2) is 52.6 Å². The quantitative estimate of drug-likeness (QED) is 0.378. The molecule has 0 spiro atoms. The van der Waals surface area contributed by atoms with E-state index in [1.165, 1.54) is 36.4 Å². The maximum Gasteiger partial charge on any atom is 0.251 e. The molecule has 1 aliphatic rings. The number of amides is 1. The van der Waals surface area contributed by atoms with E-state index in [4.69, 9.17) is 4.98 Å². The lowest BCUT2D eigenvalue weighted by molar-refractivity contribution is 0.0946. The van der Waals surface area contributed by atoms with Gasteiger partial charge < -0.3 is 20.1 Å². The van der Waals surface area contributed by atoms with Crippen molar-refractivity contribution in [1.82, 2.24) is 19.8 Å². The van der Waals surface area contributed by atoms with E-state index < -0.39 is 0 Å². The number of nitrogens with zero attached hydrogens (tertiary/aromatic N) is 3. The molecule has 186 valence electrons. The van der Waals surface area contributed by atoms with Gasteiger partial charge in [-0.2, -0.15) is 0 Å². The van der Waals surface area contributed by atoms with Crippen molar-refractivity contribution in [3.05, 3.63) is 95.6 Å². The molecule has 0 bridgehead atoms. The number of para-hydroxylation sites is 2. The Kier molecular flexibility index (Phi) is 7.23. The first-order valence-corrected chi connectivity index (χ1v) is 12.3. The summed E-state index contributed by atoms with van der Waals surface area (Å²) in [5.74, 6) is 0.0422. The highest BCUT2D eigenvalue weighted by Gasteiger charge is 2.21. The Morgan fingerprint density at radius 3 is 2.31 bits per heavy atom. The lowest BCUT2D eigenvalue weighted by atomic mass is 10.1. The largest absolute Gasteiger partial charge is 0.353 e. The van der Waals surface area contributed by atoms with Crippen LogP contribution < -0.4 is 10.6 Å². The lowest BCUT2D eigenvalue weighted by Crippen LogP contribution is -2.43. The Morgan fingerprint density at radius 2 is 1.58 bits per heavy atom. The molecular formula is C28H29F2N5O. The molecule has 5 rings (SSSR count). The number of imidazole rings is 1. The fraction of sp³-hybridized carbons (Fsp3) is 0.286. The second kappa shape index (κ2) is 10.9. The maximum absolute atomic E-state index is 13.4. The van der Waals surface area contributed by atoms with Gasteiger partial charge in [0.2, 0.25) is 5.95 Å². The van der Waals surface area contributed by atoms with Crippen LogP contribution in [0.4, 0.5) is 14.7 Å². The Balaban J connectivity index is 1.16. The van der Waals surface area contributed by atoms with Crippen molar-refractivity contribution >= 4 is 22.9 Å². The van der Waals surface area contributed by atoms with Gasteiger partial charge in [0.15, 0.2) is 0 Å². The molecule has 1 aliphatic heterocycles. The highest BCUT2D eigenvalue weighted by Crippen LogP contribution is 2.24. The number of likely N-dealkylation sites (tertiary alicyclic amines) is 1. The molecule has 2 heterocycles. The highest BCUT2D eigenvalue weighted by molar-refractivity contribution is 5.94. The van der Waals surface area contributed by atoms with E-state index in [0.717, 1.165) is 55.0 Å². The van der Waals surface area contributed by atoms with Crippen LogP contribution >= 0.6 is 0 Å². The van der Waals surface area contributed by atoms with Gasteiger partial charge >= 0.3 is 0 Å². The van der Waals surface area contributed by atoms with Crippen LogP contribution in [0.5, 0.6) is 0 Å². The van der Waals surface area contributed by atoms with E-state index in [9.17, 15) is 13.6 Å². The molecule has 36 heavy (non-hydrogen) atoms. The van der Waals surface area contributed by atoms with Crippen molar-refractivity contribution in [2.24, 2.45) is 0 Å². The zero-order chi connectivity index (χ0) is 24.9. The van der Waals surface area contributed by atoms with Gasteiger partial charge in [0.05, 0.1) is 17.6 Å². The number of aromatic nitrogens is 2. The SMILES string of the molecule is O=C(NCCN1CCC(Nc2nc3ccccc3n2Cc2ccc(F)cc2)CC1)c1ccc(F)cc1. The number of anilines is 1. The van der Waals surface area contributed by atoms with Crippen LogP contribution in [0, 0.1) is 11.6 Å². The minimum Gasteiger partial charge on any atom is -0.353 e. The monoisotopic (exact) mass is 489 g/mol. The Hall–Kier alpha value is -3.78. The standard InChI is InChI=1S/C28H29F2N5O/c29-22-9-5-20(6-10-22)19-35-26-4-2-1-3-25(26)33-28(35)32-24-13-16-34(17-14-24)18-15-31-27(36)21-7-11-23(30)12-8-21/h1-12,24H,13-19H2,(H,31,36)(H,32,33). The van der Waals surface area contributed by atoms with Crippen LogP contribution in [-0.2, 0) is 6.54 Å². The third-order valence-electron chi connectivity index (χ3n) is 6.65. The highest BCUT2D eigenvalue weighted by atomic mass is 19.1. The number of piperidine rings is 1. The smallest absolute Gasteiger partial charge is 0.251 e. The first-order chi connectivity index (χ1) is 17.5. The topological polar surface area (TPSA) is 62.2 Å². The summed E-state index contributed by atoms with van der Waals surface area (Å²) < 4.78 is 28.6. The van der Waals surface area contributed by atoms with Crippen LogP contribution in [0.25, 0.3) is 11.0 Å². The summed E-state index contributed by atoms with van der Waals surface area (Å²) in [4.78, 5) is 19.4. The van der Waals surface area contributed by atoms with Crippen LogP contribution in [0.1, 0.15) is 28.8 Å². The molecule has 1 aromatic heterocycles. The van der Waals surface area contributed by atoms with Gasteiger partial charge in [-0.15, -0.1) is 0 Å². The fourth-order valence-electron chi connectivity index (χ4n) is 4.63. The van der Waals surface area contributed by atoms with Crippen molar-refractivity contribution in [3.8, 4) is 0 Å². The molecule has 0 aliphatic carbocycles. The fourth-order valence-corrected chi connectivity index (χ4v) is 4.63. The summed E-state index contributed by atoms with van der Waals surface area (Å²) in [5.41, 5.74) is 3.44. The third kappa shape index (κ3) is 5.71. The van der Waals surface area contributed by atoms with E-state index in [2.05, 4.69) is 26.2 Å². The van der Waals surface area contributed by atoms with Crippen LogP contribution in [0.3, 0.4) is 0 Å². The summed E-state index contributed by atoms with van der Waals surface area (Å²) in [6.45, 7) is 3.75. The number of rotatable bonds is 8. The molecule has 0 atom stereocenters. The second-order valence-corrected chi connectivity index (χ2v) is 9.16. The number of benzene rings is 3. The van der Waals surface area contributed by atoms with Crippen molar-refractivity contribution in [2.45, 2.75) is 25.4 Å². The van der Waals surface area contributed by atoms with Gasteiger partial charge in [-0.1, -0.05) is 24.3 Å². The van der Waals surface area contributed by atoms with Gasteiger partial charge in [0, 0.05) is 37.8 Å². The molecule has 4 aromatic rings. The lowest BCUT2D eigenvalue weighted by Gasteiger charge is -2.32. The predicted molar refractivity (Wildman–Crippen MR) is 137 cm³/mol. The number of carbonyl (C=O) groups excluding carboxylic acids is 1. The van der Waals surface area contributed by atoms with E-state index in [1.54, 1.807) is 12.1 Å².